The van der Waals surface area contributed by atoms with E-state index in [1.54, 1.807) is 11.3 Å². The zero-order valence-electron chi connectivity index (χ0n) is 11.3. The molecule has 0 aliphatic rings. The van der Waals surface area contributed by atoms with Gasteiger partial charge in [0.2, 0.25) is 0 Å². The average molecular weight is 298 g/mol. The van der Waals surface area contributed by atoms with E-state index >= 15 is 0 Å². The molecule has 0 saturated heterocycles. The normalized spacial score (nSPS) is 13.3. The first-order chi connectivity index (χ1) is 9.11. The summed E-state index contributed by atoms with van der Waals surface area (Å²) in [4.78, 5) is 1.14. The maximum absolute atomic E-state index is 9.37. The summed E-state index contributed by atoms with van der Waals surface area (Å²) in [5.41, 5.74) is 0. The molecule has 0 bridgehead atoms. The highest BCUT2D eigenvalue weighted by Crippen LogP contribution is 2.35. The molecule has 2 aromatic rings. The molecule has 1 aromatic carbocycles. The van der Waals surface area contributed by atoms with Crippen molar-refractivity contribution >= 4 is 33.0 Å². The number of aliphatic hydroxyl groups excluding tert-OH is 1. The molecule has 104 valence electrons. The molecule has 1 unspecified atom stereocenters. The van der Waals surface area contributed by atoms with Crippen LogP contribution >= 0.6 is 22.9 Å². The summed E-state index contributed by atoms with van der Waals surface area (Å²) in [6.07, 6.45) is 0.971. The second kappa shape index (κ2) is 6.71. The number of nitrogens with one attached hydrogen (secondary N) is 1. The molecule has 0 amide bonds. The zero-order valence-corrected chi connectivity index (χ0v) is 12.9. The van der Waals surface area contributed by atoms with Crippen LogP contribution in [0.25, 0.3) is 10.1 Å². The summed E-state index contributed by atoms with van der Waals surface area (Å²) >= 11 is 8.12. The molecule has 19 heavy (non-hydrogen) atoms. The van der Waals surface area contributed by atoms with E-state index in [4.69, 9.17) is 11.6 Å². The summed E-state index contributed by atoms with van der Waals surface area (Å²) in [7, 11) is 0. The Morgan fingerprint density at radius 3 is 2.68 bits per heavy atom. The van der Waals surface area contributed by atoms with Gasteiger partial charge in [-0.05, 0) is 18.4 Å². The van der Waals surface area contributed by atoms with Crippen LogP contribution in [0.1, 0.15) is 25.1 Å². The Hall–Kier alpha value is -0.610. The third-order valence-electron chi connectivity index (χ3n) is 3.13. The maximum Gasteiger partial charge on any atom is 0.0636 e. The van der Waals surface area contributed by atoms with Gasteiger partial charge >= 0.3 is 0 Å². The van der Waals surface area contributed by atoms with Crippen LogP contribution in [0.5, 0.6) is 0 Å². The van der Waals surface area contributed by atoms with E-state index in [0.29, 0.717) is 5.92 Å². The highest BCUT2D eigenvalue weighted by Gasteiger charge is 2.13. The maximum atomic E-state index is 9.37. The number of hydrogen-bond acceptors (Lipinski definition) is 3. The summed E-state index contributed by atoms with van der Waals surface area (Å²) in [5.74, 6) is 0.572. The topological polar surface area (TPSA) is 32.3 Å². The molecule has 0 fully saturated rings. The van der Waals surface area contributed by atoms with Crippen molar-refractivity contribution in [2.24, 2.45) is 5.92 Å². The largest absolute Gasteiger partial charge is 0.395 e. The Kier molecular flexibility index (Phi) is 5.22. The Morgan fingerprint density at radius 2 is 2.05 bits per heavy atom. The second-order valence-electron chi connectivity index (χ2n) is 5.23. The van der Waals surface area contributed by atoms with E-state index in [-0.39, 0.29) is 12.6 Å². The van der Waals surface area contributed by atoms with Gasteiger partial charge in [0.25, 0.3) is 0 Å². The van der Waals surface area contributed by atoms with Gasteiger partial charge in [0.15, 0.2) is 0 Å². The molecule has 0 saturated carbocycles. The summed E-state index contributed by atoms with van der Waals surface area (Å²) < 4.78 is 1.22. The third-order valence-corrected chi connectivity index (χ3v) is 4.84. The lowest BCUT2D eigenvalue weighted by molar-refractivity contribution is 0.224. The minimum Gasteiger partial charge on any atom is -0.395 e. The van der Waals surface area contributed by atoms with E-state index in [1.807, 2.05) is 12.1 Å². The summed E-state index contributed by atoms with van der Waals surface area (Å²) in [6.45, 7) is 5.21. The van der Waals surface area contributed by atoms with Crippen molar-refractivity contribution in [3.8, 4) is 0 Å². The number of fused-ring (bicyclic) bond motifs is 1. The van der Waals surface area contributed by atoms with Crippen molar-refractivity contribution in [3.05, 3.63) is 34.2 Å². The molecule has 1 aromatic heterocycles. The van der Waals surface area contributed by atoms with Crippen LogP contribution in [0.4, 0.5) is 0 Å². The SMILES string of the molecule is CC(C)CC(CO)NCc1sc2ccccc2c1Cl. The molecule has 0 aliphatic carbocycles. The van der Waals surface area contributed by atoms with E-state index in [0.717, 1.165) is 28.3 Å². The smallest absolute Gasteiger partial charge is 0.0636 e. The molecule has 2 nitrogen and oxygen atoms in total. The van der Waals surface area contributed by atoms with E-state index in [9.17, 15) is 5.11 Å². The van der Waals surface area contributed by atoms with Gasteiger partial charge in [-0.2, -0.15) is 0 Å². The van der Waals surface area contributed by atoms with Gasteiger partial charge in [0.05, 0.1) is 11.6 Å². The van der Waals surface area contributed by atoms with E-state index in [1.165, 1.54) is 4.70 Å². The Balaban J connectivity index is 2.07. The molecular formula is C15H20ClNOS. The first-order valence-corrected chi connectivity index (χ1v) is 7.81. The molecule has 0 spiro atoms. The van der Waals surface area contributed by atoms with Crippen LogP contribution in [0.3, 0.4) is 0 Å². The molecule has 4 heteroatoms. The van der Waals surface area contributed by atoms with Gasteiger partial charge in [-0.1, -0.05) is 43.6 Å². The number of hydrogen-bond donors (Lipinski definition) is 2. The van der Waals surface area contributed by atoms with Crippen molar-refractivity contribution in [1.29, 1.82) is 0 Å². The Morgan fingerprint density at radius 1 is 1.32 bits per heavy atom. The first kappa shape index (κ1) is 14.8. The molecule has 0 radical (unpaired) electrons. The van der Waals surface area contributed by atoms with Crippen molar-refractivity contribution in [2.75, 3.05) is 6.61 Å². The van der Waals surface area contributed by atoms with Crippen molar-refractivity contribution in [3.63, 3.8) is 0 Å². The van der Waals surface area contributed by atoms with Gasteiger partial charge in [-0.15, -0.1) is 11.3 Å². The van der Waals surface area contributed by atoms with Crippen LogP contribution in [0, 0.1) is 5.92 Å². The fourth-order valence-electron chi connectivity index (χ4n) is 2.21. The number of aliphatic hydroxyl groups is 1. The number of benzene rings is 1. The highest BCUT2D eigenvalue weighted by atomic mass is 35.5. The average Bonchev–Trinajstić information content (AvgIpc) is 2.71. The molecule has 0 aliphatic heterocycles. The van der Waals surface area contributed by atoms with Gasteiger partial charge in [0.1, 0.15) is 0 Å². The van der Waals surface area contributed by atoms with Crippen LogP contribution in [-0.2, 0) is 6.54 Å². The molecular weight excluding hydrogens is 278 g/mol. The summed E-state index contributed by atoms with van der Waals surface area (Å²) in [5, 5.41) is 14.7. The standard InChI is InChI=1S/C15H20ClNOS/c1-10(2)7-11(9-18)17-8-14-15(16)12-5-3-4-6-13(12)19-14/h3-6,10-11,17-18H,7-9H2,1-2H3. The fourth-order valence-corrected chi connectivity index (χ4v) is 3.66. The minimum absolute atomic E-state index is 0.140. The first-order valence-electron chi connectivity index (χ1n) is 6.62. The number of halogens is 1. The Labute approximate surface area is 123 Å². The summed E-state index contributed by atoms with van der Waals surface area (Å²) in [6, 6.07) is 8.32. The molecule has 2 N–H and O–H groups in total. The van der Waals surface area contributed by atoms with Crippen LogP contribution in [-0.4, -0.2) is 17.8 Å². The second-order valence-corrected chi connectivity index (χ2v) is 6.74. The molecule has 2 rings (SSSR count). The van der Waals surface area contributed by atoms with Crippen molar-refractivity contribution in [1.82, 2.24) is 5.32 Å². The fraction of sp³-hybridized carbons (Fsp3) is 0.467. The predicted octanol–water partition coefficient (Wildman–Crippen LogP) is 4.05. The van der Waals surface area contributed by atoms with Gasteiger partial charge in [-0.3, -0.25) is 0 Å². The van der Waals surface area contributed by atoms with Gasteiger partial charge < -0.3 is 10.4 Å². The van der Waals surface area contributed by atoms with Gasteiger partial charge in [0, 0.05) is 27.5 Å². The predicted molar refractivity (Wildman–Crippen MR) is 84.0 cm³/mol. The lowest BCUT2D eigenvalue weighted by Crippen LogP contribution is -2.33. The van der Waals surface area contributed by atoms with Crippen LogP contribution in [0.2, 0.25) is 5.02 Å². The van der Waals surface area contributed by atoms with Crippen LogP contribution < -0.4 is 5.32 Å². The van der Waals surface area contributed by atoms with E-state index < -0.39 is 0 Å². The number of thiophene rings is 1. The lowest BCUT2D eigenvalue weighted by Gasteiger charge is -2.17. The minimum atomic E-state index is 0.140. The quantitative estimate of drug-likeness (QED) is 0.843. The highest BCUT2D eigenvalue weighted by molar-refractivity contribution is 7.19. The van der Waals surface area contributed by atoms with Crippen molar-refractivity contribution in [2.45, 2.75) is 32.9 Å². The van der Waals surface area contributed by atoms with Gasteiger partial charge in [-0.25, -0.2) is 0 Å². The van der Waals surface area contributed by atoms with E-state index in [2.05, 4.69) is 31.3 Å². The molecule has 1 atom stereocenters. The van der Waals surface area contributed by atoms with Crippen molar-refractivity contribution < 1.29 is 5.11 Å². The lowest BCUT2D eigenvalue weighted by atomic mass is 10.0. The number of rotatable bonds is 6. The zero-order chi connectivity index (χ0) is 13.8. The monoisotopic (exact) mass is 297 g/mol. The Bertz CT molecular complexity index is 538. The third kappa shape index (κ3) is 3.69. The van der Waals surface area contributed by atoms with Crippen LogP contribution in [0.15, 0.2) is 24.3 Å². The molecule has 1 heterocycles.